The van der Waals surface area contributed by atoms with E-state index in [1.165, 1.54) is 6.42 Å². The largest absolute Gasteiger partial charge is 0.300 e. The number of hydrogen-bond acceptors (Lipinski definition) is 4. The fourth-order valence-electron chi connectivity index (χ4n) is 3.25. The van der Waals surface area contributed by atoms with Gasteiger partial charge in [-0.1, -0.05) is 20.8 Å². The van der Waals surface area contributed by atoms with E-state index in [0.29, 0.717) is 6.04 Å². The van der Waals surface area contributed by atoms with Crippen molar-refractivity contribution in [2.24, 2.45) is 0 Å². The molecule has 0 aliphatic carbocycles. The number of pyridine rings is 1. The fraction of sp³-hybridized carbons (Fsp3) is 0.647. The van der Waals surface area contributed by atoms with E-state index in [4.69, 9.17) is 0 Å². The van der Waals surface area contributed by atoms with E-state index in [9.17, 15) is 5.26 Å². The van der Waals surface area contributed by atoms with Crippen LogP contribution in [0.2, 0.25) is 0 Å². The summed E-state index contributed by atoms with van der Waals surface area (Å²) >= 11 is 0. The number of rotatable bonds is 6. The lowest BCUT2D eigenvalue weighted by molar-refractivity contribution is 0.209. The highest BCUT2D eigenvalue weighted by Crippen LogP contribution is 2.18. The molecule has 114 valence electrons. The summed E-state index contributed by atoms with van der Waals surface area (Å²) in [5.74, 6) is 0. The van der Waals surface area contributed by atoms with Gasteiger partial charge in [-0.05, 0) is 37.6 Å². The van der Waals surface area contributed by atoms with E-state index < -0.39 is 0 Å². The minimum atomic E-state index is 0.679. The van der Waals surface area contributed by atoms with Crippen molar-refractivity contribution in [3.05, 3.63) is 29.1 Å². The Kier molecular flexibility index (Phi) is 5.72. The van der Waals surface area contributed by atoms with Gasteiger partial charge >= 0.3 is 0 Å². The average molecular weight is 286 g/mol. The van der Waals surface area contributed by atoms with Crippen LogP contribution in [0.25, 0.3) is 0 Å². The smallest absolute Gasteiger partial charge is 0.101 e. The third-order valence-corrected chi connectivity index (χ3v) is 4.46. The molecule has 0 N–H and O–H groups in total. The zero-order valence-electron chi connectivity index (χ0n) is 13.5. The Balaban J connectivity index is 1.99. The predicted molar refractivity (Wildman–Crippen MR) is 84.9 cm³/mol. The van der Waals surface area contributed by atoms with Crippen molar-refractivity contribution in [2.75, 3.05) is 26.2 Å². The number of nitrogens with zero attached hydrogens (tertiary/aromatic N) is 4. The van der Waals surface area contributed by atoms with E-state index in [1.54, 1.807) is 0 Å². The summed E-state index contributed by atoms with van der Waals surface area (Å²) in [7, 11) is 0. The van der Waals surface area contributed by atoms with E-state index in [2.05, 4.69) is 34.7 Å². The van der Waals surface area contributed by atoms with Crippen LogP contribution in [-0.4, -0.2) is 47.0 Å². The van der Waals surface area contributed by atoms with E-state index in [0.717, 1.165) is 56.0 Å². The standard InChI is InChI=1S/C17H26N4/c1-4-17-15(10-18)9-14(11-19-17)12-20-8-7-16(13-20)21(5-2)6-3/h9,11,16H,4-8,12-13H2,1-3H3. The van der Waals surface area contributed by atoms with Crippen molar-refractivity contribution in [2.45, 2.75) is 46.2 Å². The second kappa shape index (κ2) is 7.53. The van der Waals surface area contributed by atoms with Gasteiger partial charge < -0.3 is 0 Å². The molecule has 0 bridgehead atoms. The van der Waals surface area contributed by atoms with Gasteiger partial charge in [0.05, 0.1) is 11.3 Å². The van der Waals surface area contributed by atoms with Gasteiger partial charge in [0.1, 0.15) is 6.07 Å². The third-order valence-electron chi connectivity index (χ3n) is 4.46. The molecule has 1 saturated heterocycles. The van der Waals surface area contributed by atoms with Crippen LogP contribution in [-0.2, 0) is 13.0 Å². The second-order valence-electron chi connectivity index (χ2n) is 5.70. The van der Waals surface area contributed by atoms with Crippen LogP contribution < -0.4 is 0 Å². The quantitative estimate of drug-likeness (QED) is 0.805. The Hall–Kier alpha value is -1.44. The van der Waals surface area contributed by atoms with Crippen molar-refractivity contribution < 1.29 is 0 Å². The molecule has 4 heteroatoms. The first-order chi connectivity index (χ1) is 10.2. The molecule has 1 aromatic rings. The number of nitriles is 1. The minimum Gasteiger partial charge on any atom is -0.300 e. The summed E-state index contributed by atoms with van der Waals surface area (Å²) < 4.78 is 0. The van der Waals surface area contributed by atoms with Crippen molar-refractivity contribution in [3.8, 4) is 6.07 Å². The highest BCUT2D eigenvalue weighted by atomic mass is 15.2. The van der Waals surface area contributed by atoms with Crippen LogP contribution in [0, 0.1) is 11.3 Å². The van der Waals surface area contributed by atoms with E-state index in [1.807, 2.05) is 19.2 Å². The van der Waals surface area contributed by atoms with E-state index >= 15 is 0 Å². The molecule has 0 saturated carbocycles. The molecular formula is C17H26N4. The van der Waals surface area contributed by atoms with Crippen LogP contribution >= 0.6 is 0 Å². The number of aromatic nitrogens is 1. The molecular weight excluding hydrogens is 260 g/mol. The summed E-state index contributed by atoms with van der Waals surface area (Å²) in [6.07, 6.45) is 3.99. The molecule has 4 nitrogen and oxygen atoms in total. The van der Waals surface area contributed by atoms with E-state index in [-0.39, 0.29) is 0 Å². The summed E-state index contributed by atoms with van der Waals surface area (Å²) in [4.78, 5) is 9.46. The molecule has 1 fully saturated rings. The van der Waals surface area contributed by atoms with Gasteiger partial charge in [0.15, 0.2) is 0 Å². The molecule has 1 atom stereocenters. The summed E-state index contributed by atoms with van der Waals surface area (Å²) in [6, 6.07) is 4.96. The van der Waals surface area contributed by atoms with Crippen LogP contribution in [0.1, 0.15) is 44.0 Å². The van der Waals surface area contributed by atoms with Crippen LogP contribution in [0.3, 0.4) is 0 Å². The predicted octanol–water partition coefficient (Wildman–Crippen LogP) is 2.43. The first kappa shape index (κ1) is 15.9. The van der Waals surface area contributed by atoms with Gasteiger partial charge in [-0.2, -0.15) is 5.26 Å². The molecule has 1 aliphatic rings. The molecule has 1 aliphatic heterocycles. The normalized spacial score (nSPS) is 19.1. The average Bonchev–Trinajstić information content (AvgIpc) is 2.96. The maximum atomic E-state index is 9.20. The van der Waals surface area contributed by atoms with Crippen LogP contribution in [0.5, 0.6) is 0 Å². The molecule has 1 unspecified atom stereocenters. The first-order valence-electron chi connectivity index (χ1n) is 8.06. The first-order valence-corrected chi connectivity index (χ1v) is 8.06. The lowest BCUT2D eigenvalue weighted by Crippen LogP contribution is -2.37. The number of likely N-dealkylation sites (tertiary alicyclic amines) is 1. The highest BCUT2D eigenvalue weighted by Gasteiger charge is 2.26. The van der Waals surface area contributed by atoms with Gasteiger partial charge in [-0.15, -0.1) is 0 Å². The molecule has 0 radical (unpaired) electrons. The maximum absolute atomic E-state index is 9.20. The molecule has 2 heterocycles. The Labute approximate surface area is 128 Å². The number of hydrogen-bond donors (Lipinski definition) is 0. The number of likely N-dealkylation sites (N-methyl/N-ethyl adjacent to an activating group) is 1. The third kappa shape index (κ3) is 3.81. The molecule has 21 heavy (non-hydrogen) atoms. The fourth-order valence-corrected chi connectivity index (χ4v) is 3.25. The van der Waals surface area contributed by atoms with Crippen LogP contribution in [0.4, 0.5) is 0 Å². The number of aryl methyl sites for hydroxylation is 1. The Morgan fingerprint density at radius 1 is 1.38 bits per heavy atom. The minimum absolute atomic E-state index is 0.679. The van der Waals surface area contributed by atoms with Gasteiger partial charge in [0.25, 0.3) is 0 Å². The Morgan fingerprint density at radius 2 is 2.14 bits per heavy atom. The van der Waals surface area contributed by atoms with Gasteiger partial charge in [0.2, 0.25) is 0 Å². The zero-order valence-corrected chi connectivity index (χ0v) is 13.5. The highest BCUT2D eigenvalue weighted by molar-refractivity contribution is 5.35. The summed E-state index contributed by atoms with van der Waals surface area (Å²) in [5, 5.41) is 9.20. The Morgan fingerprint density at radius 3 is 2.76 bits per heavy atom. The molecule has 1 aromatic heterocycles. The molecule has 0 aromatic carbocycles. The van der Waals surface area contributed by atoms with Crippen molar-refractivity contribution in [3.63, 3.8) is 0 Å². The van der Waals surface area contributed by atoms with Gasteiger partial charge in [-0.25, -0.2) is 0 Å². The van der Waals surface area contributed by atoms with Gasteiger partial charge in [-0.3, -0.25) is 14.8 Å². The van der Waals surface area contributed by atoms with Crippen molar-refractivity contribution in [1.82, 2.24) is 14.8 Å². The summed E-state index contributed by atoms with van der Waals surface area (Å²) in [6.45, 7) is 11.9. The van der Waals surface area contributed by atoms with Crippen molar-refractivity contribution >= 4 is 0 Å². The zero-order chi connectivity index (χ0) is 15.2. The lowest BCUT2D eigenvalue weighted by atomic mass is 10.1. The SMILES string of the molecule is CCc1ncc(CN2CCC(N(CC)CC)C2)cc1C#N. The lowest BCUT2D eigenvalue weighted by Gasteiger charge is -2.26. The summed E-state index contributed by atoms with van der Waals surface area (Å²) in [5.41, 5.74) is 2.79. The van der Waals surface area contributed by atoms with Gasteiger partial charge in [0, 0.05) is 31.9 Å². The molecule has 0 amide bonds. The topological polar surface area (TPSA) is 43.2 Å². The molecule has 2 rings (SSSR count). The van der Waals surface area contributed by atoms with Crippen LogP contribution in [0.15, 0.2) is 12.3 Å². The maximum Gasteiger partial charge on any atom is 0.101 e. The monoisotopic (exact) mass is 286 g/mol. The molecule has 0 spiro atoms. The van der Waals surface area contributed by atoms with Crippen molar-refractivity contribution in [1.29, 1.82) is 5.26 Å². The second-order valence-corrected chi connectivity index (χ2v) is 5.70. The Bertz CT molecular complexity index is 502.